The maximum atomic E-state index is 12.0. The van der Waals surface area contributed by atoms with E-state index < -0.39 is 4.92 Å². The Labute approximate surface area is 158 Å². The number of rotatable bonds is 7. The molecule has 0 unspecified atom stereocenters. The number of carbonyl (C=O) groups excluding carboxylic acids is 1. The van der Waals surface area contributed by atoms with E-state index in [1.54, 1.807) is 19.1 Å². The minimum Gasteiger partial charge on any atom is -0.466 e. The summed E-state index contributed by atoms with van der Waals surface area (Å²) in [7, 11) is 0. The van der Waals surface area contributed by atoms with Crippen LogP contribution in [0.2, 0.25) is 0 Å². The second-order valence-electron chi connectivity index (χ2n) is 6.71. The van der Waals surface area contributed by atoms with Crippen LogP contribution in [0.4, 0.5) is 5.69 Å². The highest BCUT2D eigenvalue weighted by Crippen LogP contribution is 2.40. The maximum Gasteiger partial charge on any atom is 0.308 e. The fourth-order valence-corrected chi connectivity index (χ4v) is 3.56. The van der Waals surface area contributed by atoms with Crippen molar-refractivity contribution in [2.24, 2.45) is 5.92 Å². The molecule has 1 heterocycles. The van der Waals surface area contributed by atoms with Crippen molar-refractivity contribution in [1.29, 1.82) is 0 Å². The van der Waals surface area contributed by atoms with Crippen molar-refractivity contribution in [1.82, 2.24) is 0 Å². The minimum atomic E-state index is -0.405. The Morgan fingerprint density at radius 2 is 1.89 bits per heavy atom. The van der Waals surface area contributed by atoms with Crippen LogP contribution in [0.15, 0.2) is 54.6 Å². The Bertz CT molecular complexity index is 775. The second-order valence-corrected chi connectivity index (χ2v) is 6.71. The molecule has 0 bridgehead atoms. The van der Waals surface area contributed by atoms with E-state index in [4.69, 9.17) is 9.47 Å². The summed E-state index contributed by atoms with van der Waals surface area (Å²) in [5.74, 6) is -0.119. The van der Waals surface area contributed by atoms with Crippen molar-refractivity contribution >= 4 is 11.7 Å². The lowest BCUT2D eigenvalue weighted by Gasteiger charge is -2.18. The number of nitrogens with zero attached hydrogens (tertiary/aromatic N) is 1. The van der Waals surface area contributed by atoms with Gasteiger partial charge in [0.25, 0.3) is 5.69 Å². The molecular formula is C21H23NO5. The van der Waals surface area contributed by atoms with E-state index in [1.807, 2.05) is 30.3 Å². The van der Waals surface area contributed by atoms with Crippen molar-refractivity contribution in [2.75, 3.05) is 6.61 Å². The quantitative estimate of drug-likeness (QED) is 0.414. The topological polar surface area (TPSA) is 78.7 Å². The fourth-order valence-electron chi connectivity index (χ4n) is 3.56. The molecule has 1 aliphatic rings. The number of benzene rings is 2. The molecule has 3 atom stereocenters. The molecular weight excluding hydrogens is 346 g/mol. The molecule has 3 rings (SSSR count). The van der Waals surface area contributed by atoms with E-state index in [2.05, 4.69) is 0 Å². The molecule has 142 valence electrons. The highest BCUT2D eigenvalue weighted by atomic mass is 16.6. The standard InChI is InChI=1S/C21H23NO5/c1-2-26-21(23)14-20-17(12-15-8-10-18(11-9-15)22(24)25)13-19(27-20)16-6-4-3-5-7-16/h3-11,17,19-20H,2,12-14H2,1H3/t17-,19+,20+/m1/s1. The third-order valence-electron chi connectivity index (χ3n) is 4.87. The van der Waals surface area contributed by atoms with Crippen LogP contribution in [0.5, 0.6) is 0 Å². The van der Waals surface area contributed by atoms with Crippen LogP contribution in [0.3, 0.4) is 0 Å². The summed E-state index contributed by atoms with van der Waals surface area (Å²) in [6, 6.07) is 16.5. The lowest BCUT2D eigenvalue weighted by molar-refractivity contribution is -0.384. The normalized spacial score (nSPS) is 21.7. The molecule has 0 amide bonds. The molecule has 2 aromatic carbocycles. The van der Waals surface area contributed by atoms with Crippen LogP contribution < -0.4 is 0 Å². The number of hydrogen-bond acceptors (Lipinski definition) is 5. The van der Waals surface area contributed by atoms with Gasteiger partial charge in [-0.2, -0.15) is 0 Å². The van der Waals surface area contributed by atoms with Gasteiger partial charge in [0.15, 0.2) is 0 Å². The zero-order valence-corrected chi connectivity index (χ0v) is 15.2. The molecule has 1 aliphatic heterocycles. The molecule has 0 radical (unpaired) electrons. The summed E-state index contributed by atoms with van der Waals surface area (Å²) in [6.07, 6.45) is 1.42. The first-order valence-electron chi connectivity index (χ1n) is 9.16. The summed E-state index contributed by atoms with van der Waals surface area (Å²) in [4.78, 5) is 22.4. The highest BCUT2D eigenvalue weighted by Gasteiger charge is 2.37. The molecule has 2 aromatic rings. The van der Waals surface area contributed by atoms with Gasteiger partial charge in [-0.25, -0.2) is 0 Å². The van der Waals surface area contributed by atoms with Gasteiger partial charge in [-0.1, -0.05) is 42.5 Å². The van der Waals surface area contributed by atoms with Crippen LogP contribution in [-0.4, -0.2) is 23.6 Å². The Hall–Kier alpha value is -2.73. The van der Waals surface area contributed by atoms with Gasteiger partial charge in [0.05, 0.1) is 30.2 Å². The predicted molar refractivity (Wildman–Crippen MR) is 100 cm³/mol. The SMILES string of the molecule is CCOC(=O)C[C@@H]1O[C@H](c2ccccc2)C[C@H]1Cc1ccc([N+](=O)[O-])cc1. The average molecular weight is 369 g/mol. The predicted octanol–water partition coefficient (Wildman–Crippen LogP) is 4.24. The minimum absolute atomic E-state index is 0.0614. The number of esters is 1. The zero-order valence-electron chi connectivity index (χ0n) is 15.2. The number of ether oxygens (including phenoxy) is 2. The van der Waals surface area contributed by atoms with Crippen LogP contribution >= 0.6 is 0 Å². The monoisotopic (exact) mass is 369 g/mol. The number of carbonyl (C=O) groups is 1. The summed E-state index contributed by atoms with van der Waals surface area (Å²) in [6.45, 7) is 2.13. The van der Waals surface area contributed by atoms with Crippen molar-refractivity contribution < 1.29 is 19.2 Å². The van der Waals surface area contributed by atoms with E-state index in [9.17, 15) is 14.9 Å². The molecule has 0 spiro atoms. The molecule has 0 saturated carbocycles. The molecule has 1 fully saturated rings. The smallest absolute Gasteiger partial charge is 0.308 e. The summed E-state index contributed by atoms with van der Waals surface area (Å²) in [5, 5.41) is 10.8. The van der Waals surface area contributed by atoms with Gasteiger partial charge in [0.1, 0.15) is 0 Å². The third-order valence-corrected chi connectivity index (χ3v) is 4.87. The highest BCUT2D eigenvalue weighted by molar-refractivity contribution is 5.70. The molecule has 1 saturated heterocycles. The molecule has 27 heavy (non-hydrogen) atoms. The maximum absolute atomic E-state index is 12.0. The number of non-ortho nitro benzene ring substituents is 1. The number of nitro benzene ring substituents is 1. The average Bonchev–Trinajstić information content (AvgIpc) is 3.05. The van der Waals surface area contributed by atoms with Crippen molar-refractivity contribution in [3.05, 3.63) is 75.8 Å². The van der Waals surface area contributed by atoms with Gasteiger partial charge < -0.3 is 9.47 Å². The Balaban J connectivity index is 1.74. The van der Waals surface area contributed by atoms with E-state index >= 15 is 0 Å². The first-order chi connectivity index (χ1) is 13.1. The van der Waals surface area contributed by atoms with Gasteiger partial charge in [0, 0.05) is 12.1 Å². The Kier molecular flexibility index (Phi) is 6.19. The third kappa shape index (κ3) is 4.92. The second kappa shape index (κ2) is 8.77. The van der Waals surface area contributed by atoms with E-state index in [-0.39, 0.29) is 36.2 Å². The van der Waals surface area contributed by atoms with Crippen LogP contribution in [0, 0.1) is 16.0 Å². The first-order valence-corrected chi connectivity index (χ1v) is 9.16. The largest absolute Gasteiger partial charge is 0.466 e. The zero-order chi connectivity index (χ0) is 19.2. The van der Waals surface area contributed by atoms with E-state index in [0.717, 1.165) is 17.5 Å². The molecule has 6 nitrogen and oxygen atoms in total. The number of nitro groups is 1. The summed E-state index contributed by atoms with van der Waals surface area (Å²) < 4.78 is 11.3. The van der Waals surface area contributed by atoms with Crippen LogP contribution in [0.1, 0.15) is 37.0 Å². The van der Waals surface area contributed by atoms with Crippen LogP contribution in [0.25, 0.3) is 0 Å². The van der Waals surface area contributed by atoms with Crippen molar-refractivity contribution in [3.63, 3.8) is 0 Å². The van der Waals surface area contributed by atoms with Crippen LogP contribution in [-0.2, 0) is 20.7 Å². The van der Waals surface area contributed by atoms with Gasteiger partial charge in [0.2, 0.25) is 0 Å². The molecule has 0 aromatic heterocycles. The van der Waals surface area contributed by atoms with Gasteiger partial charge >= 0.3 is 5.97 Å². The van der Waals surface area contributed by atoms with E-state index in [1.165, 1.54) is 12.1 Å². The Morgan fingerprint density at radius 1 is 1.19 bits per heavy atom. The molecule has 0 aliphatic carbocycles. The molecule has 0 N–H and O–H groups in total. The summed E-state index contributed by atoms with van der Waals surface area (Å²) >= 11 is 0. The van der Waals surface area contributed by atoms with Gasteiger partial charge in [-0.15, -0.1) is 0 Å². The molecule has 6 heteroatoms. The van der Waals surface area contributed by atoms with E-state index in [0.29, 0.717) is 13.0 Å². The summed E-state index contributed by atoms with van der Waals surface area (Å²) in [5.41, 5.74) is 2.17. The van der Waals surface area contributed by atoms with Gasteiger partial charge in [-0.3, -0.25) is 14.9 Å². The first kappa shape index (κ1) is 19.0. The van der Waals surface area contributed by atoms with Crippen molar-refractivity contribution in [3.8, 4) is 0 Å². The lowest BCUT2D eigenvalue weighted by Crippen LogP contribution is -2.23. The van der Waals surface area contributed by atoms with Crippen molar-refractivity contribution in [2.45, 2.75) is 38.4 Å². The fraction of sp³-hybridized carbons (Fsp3) is 0.381. The Morgan fingerprint density at radius 3 is 2.52 bits per heavy atom. The number of hydrogen-bond donors (Lipinski definition) is 0. The lowest BCUT2D eigenvalue weighted by atomic mass is 9.89. The van der Waals surface area contributed by atoms with Gasteiger partial charge in [-0.05, 0) is 36.8 Å².